The Balaban J connectivity index is 2.83. The van der Waals surface area contributed by atoms with Crippen LogP contribution in [-0.2, 0) is 0 Å². The van der Waals surface area contributed by atoms with E-state index in [4.69, 9.17) is 0 Å². The molecule has 0 amide bonds. The van der Waals surface area contributed by atoms with Gasteiger partial charge in [-0.2, -0.15) is 0 Å². The van der Waals surface area contributed by atoms with Gasteiger partial charge in [-0.25, -0.2) is 8.78 Å². The summed E-state index contributed by atoms with van der Waals surface area (Å²) in [5, 5.41) is 0. The van der Waals surface area contributed by atoms with E-state index in [1.807, 2.05) is 4.90 Å². The van der Waals surface area contributed by atoms with Gasteiger partial charge in [-0.15, -0.1) is 0 Å². The first-order chi connectivity index (χ1) is 8.20. The van der Waals surface area contributed by atoms with Crippen molar-refractivity contribution in [3.05, 3.63) is 29.8 Å². The molecule has 1 nitrogen and oxygen atoms in total. The fraction of sp³-hybridized carbons (Fsp3) is 0.571. The molecule has 0 saturated heterocycles. The van der Waals surface area contributed by atoms with Crippen LogP contribution in [0.4, 0.5) is 14.5 Å². The molecule has 0 aromatic heterocycles. The Morgan fingerprint density at radius 1 is 1.00 bits per heavy atom. The highest BCUT2D eigenvalue weighted by molar-refractivity contribution is 5.48. The summed E-state index contributed by atoms with van der Waals surface area (Å²) in [5.41, 5.74) is 0.395. The van der Waals surface area contributed by atoms with E-state index in [9.17, 15) is 8.78 Å². The number of anilines is 1. The van der Waals surface area contributed by atoms with Gasteiger partial charge in [0.2, 0.25) is 0 Å². The van der Waals surface area contributed by atoms with Gasteiger partial charge in [0.1, 0.15) is 0 Å². The van der Waals surface area contributed by atoms with Crippen molar-refractivity contribution < 1.29 is 8.78 Å². The van der Waals surface area contributed by atoms with Crippen LogP contribution in [0.1, 0.15) is 39.5 Å². The largest absolute Gasteiger partial charge is 0.369 e. The van der Waals surface area contributed by atoms with Gasteiger partial charge in [-0.05, 0) is 25.0 Å². The van der Waals surface area contributed by atoms with E-state index < -0.39 is 11.6 Å². The van der Waals surface area contributed by atoms with Crippen molar-refractivity contribution in [1.29, 1.82) is 0 Å². The lowest BCUT2D eigenvalue weighted by Crippen LogP contribution is -2.26. The molecule has 0 radical (unpaired) electrons. The second-order valence-electron chi connectivity index (χ2n) is 4.27. The molecule has 0 aliphatic carbocycles. The first-order valence-electron chi connectivity index (χ1n) is 6.39. The molecule has 3 heteroatoms. The Kier molecular flexibility index (Phi) is 5.95. The van der Waals surface area contributed by atoms with Gasteiger partial charge < -0.3 is 4.90 Å². The van der Waals surface area contributed by atoms with E-state index in [2.05, 4.69) is 13.8 Å². The van der Waals surface area contributed by atoms with Crippen LogP contribution in [0.5, 0.6) is 0 Å². The first-order valence-corrected chi connectivity index (χ1v) is 6.39. The van der Waals surface area contributed by atoms with Gasteiger partial charge >= 0.3 is 0 Å². The van der Waals surface area contributed by atoms with E-state index in [1.54, 1.807) is 12.1 Å². The lowest BCUT2D eigenvalue weighted by molar-refractivity contribution is 0.504. The van der Waals surface area contributed by atoms with E-state index in [0.29, 0.717) is 5.69 Å². The molecule has 1 aromatic rings. The minimum atomic E-state index is -0.763. The Morgan fingerprint density at radius 3 is 2.12 bits per heavy atom. The van der Waals surface area contributed by atoms with Crippen molar-refractivity contribution in [2.45, 2.75) is 39.5 Å². The maximum Gasteiger partial charge on any atom is 0.182 e. The molecule has 0 aliphatic rings. The Labute approximate surface area is 102 Å². The molecule has 0 saturated carbocycles. The van der Waals surface area contributed by atoms with Gasteiger partial charge in [0.15, 0.2) is 11.6 Å². The highest BCUT2D eigenvalue weighted by Crippen LogP contribution is 2.22. The molecule has 0 unspecified atom stereocenters. The third kappa shape index (κ3) is 3.99. The van der Waals surface area contributed by atoms with Gasteiger partial charge in [0, 0.05) is 13.1 Å². The summed E-state index contributed by atoms with van der Waals surface area (Å²) in [6.07, 6.45) is 4.11. The third-order valence-electron chi connectivity index (χ3n) is 2.84. The summed E-state index contributed by atoms with van der Waals surface area (Å²) in [4.78, 5) is 1.95. The van der Waals surface area contributed by atoms with E-state index in [1.165, 1.54) is 0 Å². The molecule has 1 rings (SSSR count). The standard InChI is InChI=1S/C14H21F2N/c1-3-5-10-17(11-6-4-2)13-9-7-8-12(15)14(13)16/h7-9H,3-6,10-11H2,1-2H3. The highest BCUT2D eigenvalue weighted by Gasteiger charge is 2.13. The van der Waals surface area contributed by atoms with Crippen LogP contribution in [0.25, 0.3) is 0 Å². The van der Waals surface area contributed by atoms with Crippen molar-refractivity contribution in [2.75, 3.05) is 18.0 Å². The number of benzene rings is 1. The van der Waals surface area contributed by atoms with Crippen LogP contribution in [0.2, 0.25) is 0 Å². The molecule has 0 heterocycles. The molecule has 17 heavy (non-hydrogen) atoms. The highest BCUT2D eigenvalue weighted by atomic mass is 19.2. The lowest BCUT2D eigenvalue weighted by Gasteiger charge is -2.25. The molecule has 0 bridgehead atoms. The molecule has 0 N–H and O–H groups in total. The normalized spacial score (nSPS) is 10.6. The SMILES string of the molecule is CCCCN(CCCC)c1cccc(F)c1F. The van der Waals surface area contributed by atoms with Gasteiger partial charge in [0.05, 0.1) is 5.69 Å². The first kappa shape index (κ1) is 13.9. The topological polar surface area (TPSA) is 3.24 Å². The maximum absolute atomic E-state index is 13.7. The van der Waals surface area contributed by atoms with E-state index in [0.717, 1.165) is 44.8 Å². The second-order valence-corrected chi connectivity index (χ2v) is 4.27. The number of hydrogen-bond donors (Lipinski definition) is 0. The van der Waals surface area contributed by atoms with Crippen molar-refractivity contribution in [1.82, 2.24) is 0 Å². The van der Waals surface area contributed by atoms with Crippen molar-refractivity contribution in [3.63, 3.8) is 0 Å². The quantitative estimate of drug-likeness (QED) is 0.685. The van der Waals surface area contributed by atoms with E-state index in [-0.39, 0.29) is 0 Å². The molecule has 0 spiro atoms. The summed E-state index contributed by atoms with van der Waals surface area (Å²) < 4.78 is 26.9. The lowest BCUT2D eigenvalue weighted by atomic mass is 10.2. The zero-order valence-electron chi connectivity index (χ0n) is 10.7. The molecular formula is C14H21F2N. The minimum absolute atomic E-state index is 0.395. The van der Waals surface area contributed by atoms with Crippen molar-refractivity contribution in [2.24, 2.45) is 0 Å². The van der Waals surface area contributed by atoms with Crippen molar-refractivity contribution >= 4 is 5.69 Å². The smallest absolute Gasteiger partial charge is 0.182 e. The van der Waals surface area contributed by atoms with Crippen molar-refractivity contribution in [3.8, 4) is 0 Å². The zero-order valence-corrected chi connectivity index (χ0v) is 10.7. The monoisotopic (exact) mass is 241 g/mol. The summed E-state index contributed by atoms with van der Waals surface area (Å²) in [5.74, 6) is -1.49. The number of rotatable bonds is 7. The summed E-state index contributed by atoms with van der Waals surface area (Å²) in [7, 11) is 0. The molecule has 0 aliphatic heterocycles. The zero-order chi connectivity index (χ0) is 12.7. The van der Waals surface area contributed by atoms with Crippen LogP contribution < -0.4 is 4.90 Å². The second kappa shape index (κ2) is 7.25. The molecule has 96 valence electrons. The Hall–Kier alpha value is -1.12. The molecular weight excluding hydrogens is 220 g/mol. The fourth-order valence-corrected chi connectivity index (χ4v) is 1.79. The van der Waals surface area contributed by atoms with Gasteiger partial charge in [0.25, 0.3) is 0 Å². The molecule has 0 fully saturated rings. The predicted molar refractivity (Wildman–Crippen MR) is 68.4 cm³/mol. The van der Waals surface area contributed by atoms with Crippen LogP contribution in [0.3, 0.4) is 0 Å². The van der Waals surface area contributed by atoms with Crippen LogP contribution in [0, 0.1) is 11.6 Å². The number of hydrogen-bond acceptors (Lipinski definition) is 1. The summed E-state index contributed by atoms with van der Waals surface area (Å²) in [6.45, 7) is 5.77. The van der Waals surface area contributed by atoms with Gasteiger partial charge in [-0.1, -0.05) is 32.8 Å². The van der Waals surface area contributed by atoms with Gasteiger partial charge in [-0.3, -0.25) is 0 Å². The average Bonchev–Trinajstić information content (AvgIpc) is 2.34. The summed E-state index contributed by atoms with van der Waals surface area (Å²) >= 11 is 0. The number of nitrogens with zero attached hydrogens (tertiary/aromatic N) is 1. The molecule has 1 aromatic carbocycles. The predicted octanol–water partition coefficient (Wildman–Crippen LogP) is 4.37. The Morgan fingerprint density at radius 2 is 1.59 bits per heavy atom. The van der Waals surface area contributed by atoms with Crippen LogP contribution >= 0.6 is 0 Å². The number of halogens is 2. The summed E-state index contributed by atoms with van der Waals surface area (Å²) in [6, 6.07) is 4.39. The van der Waals surface area contributed by atoms with Crippen LogP contribution in [0.15, 0.2) is 18.2 Å². The molecule has 0 atom stereocenters. The third-order valence-corrected chi connectivity index (χ3v) is 2.84. The Bertz CT molecular complexity index is 331. The average molecular weight is 241 g/mol. The number of unbranched alkanes of at least 4 members (excludes halogenated alkanes) is 2. The fourth-order valence-electron chi connectivity index (χ4n) is 1.79. The minimum Gasteiger partial charge on any atom is -0.369 e. The van der Waals surface area contributed by atoms with Crippen LogP contribution in [-0.4, -0.2) is 13.1 Å². The van der Waals surface area contributed by atoms with E-state index >= 15 is 0 Å². The maximum atomic E-state index is 13.7.